The summed E-state index contributed by atoms with van der Waals surface area (Å²) in [6.45, 7) is 6.43. The molecule has 2 fully saturated rings. The molecule has 3 heterocycles. The lowest BCUT2D eigenvalue weighted by atomic mass is 9.81. The zero-order valence-corrected chi connectivity index (χ0v) is 24.7. The predicted molar refractivity (Wildman–Crippen MR) is 157 cm³/mol. The Morgan fingerprint density at radius 2 is 1.79 bits per heavy atom. The third-order valence-corrected chi connectivity index (χ3v) is 9.75. The summed E-state index contributed by atoms with van der Waals surface area (Å²) in [4.78, 5) is 34.7. The zero-order chi connectivity index (χ0) is 30.1. The van der Waals surface area contributed by atoms with Crippen molar-refractivity contribution in [2.75, 3.05) is 25.0 Å². The van der Waals surface area contributed by atoms with Gasteiger partial charge in [0, 0.05) is 30.1 Å². The molecule has 0 atom stereocenters. The van der Waals surface area contributed by atoms with Gasteiger partial charge in [0.25, 0.3) is 5.91 Å². The first-order valence-electron chi connectivity index (χ1n) is 14.6. The molecule has 2 N–H and O–H groups in total. The van der Waals surface area contributed by atoms with Crippen molar-refractivity contribution in [1.29, 1.82) is 0 Å². The van der Waals surface area contributed by atoms with Gasteiger partial charge in [-0.1, -0.05) is 6.07 Å². The number of thiazole rings is 1. The number of rotatable bonds is 8. The number of nitrogens with one attached hydrogen (secondary N) is 1. The van der Waals surface area contributed by atoms with Gasteiger partial charge in [-0.3, -0.25) is 4.79 Å². The molecule has 0 unspecified atom stereocenters. The highest BCUT2D eigenvalue weighted by Crippen LogP contribution is 2.41. The molecule has 1 aliphatic carbocycles. The highest BCUT2D eigenvalue weighted by Gasteiger charge is 2.33. The fraction of sp³-hybridized carbons (Fsp3) is 0.548. The number of hydrogen-bond acceptors (Lipinski definition) is 7. The molecule has 2 aromatic heterocycles. The van der Waals surface area contributed by atoms with E-state index in [1.54, 1.807) is 37.3 Å². The fourth-order valence-electron chi connectivity index (χ4n) is 6.18. The maximum Gasteiger partial charge on any atom is 0.433 e. The van der Waals surface area contributed by atoms with Crippen molar-refractivity contribution in [2.45, 2.75) is 76.5 Å². The molecule has 5 rings (SSSR count). The number of carbonyl (C=O) groups excluding carboxylic acids is 2. The van der Waals surface area contributed by atoms with Crippen molar-refractivity contribution in [3.8, 4) is 0 Å². The smallest absolute Gasteiger partial charge is 0.386 e. The Morgan fingerprint density at radius 3 is 2.43 bits per heavy atom. The van der Waals surface area contributed by atoms with Crippen LogP contribution < -0.4 is 5.32 Å². The number of carbonyl (C=O) groups is 2. The van der Waals surface area contributed by atoms with Gasteiger partial charge in [0.2, 0.25) is 0 Å². The maximum atomic E-state index is 13.1. The second-order valence-corrected chi connectivity index (χ2v) is 13.3. The number of hydrogen-bond donors (Lipinski definition) is 2. The van der Waals surface area contributed by atoms with Crippen molar-refractivity contribution < 1.29 is 27.9 Å². The monoisotopic (exact) mass is 602 g/mol. The van der Waals surface area contributed by atoms with Crippen molar-refractivity contribution >= 4 is 39.4 Å². The predicted octanol–water partition coefficient (Wildman–Crippen LogP) is 6.76. The third kappa shape index (κ3) is 7.18. The Kier molecular flexibility index (Phi) is 9.01. The number of benzene rings is 1. The van der Waals surface area contributed by atoms with E-state index in [0.29, 0.717) is 35.4 Å². The van der Waals surface area contributed by atoms with Gasteiger partial charge in [-0.15, -0.1) is 11.3 Å². The van der Waals surface area contributed by atoms with Gasteiger partial charge < -0.3 is 20.1 Å². The highest BCUT2D eigenvalue weighted by molar-refractivity contribution is 7.18. The van der Waals surface area contributed by atoms with Crippen LogP contribution in [0.1, 0.15) is 91.5 Å². The van der Waals surface area contributed by atoms with Gasteiger partial charge in [-0.05, 0) is 102 Å². The number of halogens is 3. The number of aromatic nitrogens is 2. The van der Waals surface area contributed by atoms with E-state index >= 15 is 0 Å². The van der Waals surface area contributed by atoms with Gasteiger partial charge in [0.1, 0.15) is 17.7 Å². The second-order valence-electron chi connectivity index (χ2n) is 12.2. The molecule has 11 heteroatoms. The van der Waals surface area contributed by atoms with Crippen LogP contribution in [0.25, 0.3) is 10.2 Å². The molecule has 226 valence electrons. The number of amides is 1. The van der Waals surface area contributed by atoms with Crippen LogP contribution in [0, 0.1) is 11.8 Å². The van der Waals surface area contributed by atoms with Crippen molar-refractivity contribution in [3.63, 3.8) is 0 Å². The molecule has 1 aromatic carbocycles. The molecule has 1 amide bonds. The minimum atomic E-state index is -4.67. The van der Waals surface area contributed by atoms with Gasteiger partial charge in [0.05, 0.1) is 20.8 Å². The molecular formula is C31H37F3N4O3S. The summed E-state index contributed by atoms with van der Waals surface area (Å²) in [5.41, 5.74) is -1.37. The average molecular weight is 603 g/mol. The van der Waals surface area contributed by atoms with Crippen molar-refractivity contribution in [1.82, 2.24) is 14.9 Å². The van der Waals surface area contributed by atoms with E-state index < -0.39 is 23.4 Å². The first-order valence-corrected chi connectivity index (χ1v) is 15.4. The van der Waals surface area contributed by atoms with Gasteiger partial charge in [-0.2, -0.15) is 13.2 Å². The van der Waals surface area contributed by atoms with E-state index in [4.69, 9.17) is 4.98 Å². The minimum absolute atomic E-state index is 0.315. The summed E-state index contributed by atoms with van der Waals surface area (Å²) in [5, 5.41) is 14.6. The van der Waals surface area contributed by atoms with Crippen LogP contribution >= 0.6 is 11.3 Å². The largest absolute Gasteiger partial charge is 0.433 e. The number of pyridine rings is 1. The summed E-state index contributed by atoms with van der Waals surface area (Å²) < 4.78 is 40.2. The summed E-state index contributed by atoms with van der Waals surface area (Å²) in [5.74, 6) is 0.750. The Bertz CT molecular complexity index is 1420. The van der Waals surface area contributed by atoms with E-state index in [9.17, 15) is 27.9 Å². The summed E-state index contributed by atoms with van der Waals surface area (Å²) in [6, 6.07) is 6.69. The quantitative estimate of drug-likeness (QED) is 0.277. The van der Waals surface area contributed by atoms with E-state index in [1.807, 2.05) is 0 Å². The number of aldehydes is 1. The van der Waals surface area contributed by atoms with Gasteiger partial charge >= 0.3 is 6.18 Å². The minimum Gasteiger partial charge on any atom is -0.386 e. The SMILES string of the molecule is CC(C)(O)c1cc2nc([C@H]3CC[C@H](CN4CCC(CC=O)CC4)CC3)sc2cc1NC(=O)c1cccc(C(F)(F)F)n1. The molecule has 1 saturated carbocycles. The standard InChI is InChI=1S/C31H37F3N4O3S/c1-30(2,41)22-16-25-26(17-24(22)36-28(40)23-4-3-5-27(35-23)31(32,33)34)42-29(37-25)21-8-6-20(7-9-21)18-38-13-10-19(11-14-38)12-15-39/h3-5,15-17,19-21,41H,6-14,18H2,1-2H3,(H,36,40)/t20-,21-. The van der Waals surface area contributed by atoms with Gasteiger partial charge in [-0.25, -0.2) is 9.97 Å². The van der Waals surface area contributed by atoms with Crippen LogP contribution in [0.4, 0.5) is 18.9 Å². The van der Waals surface area contributed by atoms with Crippen molar-refractivity contribution in [3.05, 3.63) is 52.3 Å². The summed E-state index contributed by atoms with van der Waals surface area (Å²) in [7, 11) is 0. The third-order valence-electron chi connectivity index (χ3n) is 8.57. The number of aliphatic hydroxyl groups is 1. The Balaban J connectivity index is 1.28. The van der Waals surface area contributed by atoms with E-state index in [0.717, 1.165) is 91.8 Å². The van der Waals surface area contributed by atoms with Crippen LogP contribution in [0.2, 0.25) is 0 Å². The second kappa shape index (κ2) is 12.4. The lowest BCUT2D eigenvalue weighted by Gasteiger charge is -2.36. The number of nitrogens with zero attached hydrogens (tertiary/aromatic N) is 3. The molecule has 1 saturated heterocycles. The molecular weight excluding hydrogens is 565 g/mol. The van der Waals surface area contributed by atoms with Gasteiger partial charge in [0.15, 0.2) is 0 Å². The number of anilines is 1. The Hall–Kier alpha value is -2.89. The zero-order valence-electron chi connectivity index (χ0n) is 23.9. The van der Waals surface area contributed by atoms with Crippen LogP contribution in [0.15, 0.2) is 30.3 Å². The number of likely N-dealkylation sites (tertiary alicyclic amines) is 1. The molecule has 3 aromatic rings. The first-order chi connectivity index (χ1) is 19.9. The van der Waals surface area contributed by atoms with E-state index in [-0.39, 0.29) is 5.69 Å². The first kappa shape index (κ1) is 30.6. The van der Waals surface area contributed by atoms with Crippen LogP contribution in [-0.2, 0) is 16.6 Å². The molecule has 0 radical (unpaired) electrons. The van der Waals surface area contributed by atoms with E-state index in [2.05, 4.69) is 15.2 Å². The lowest BCUT2D eigenvalue weighted by molar-refractivity contribution is -0.141. The van der Waals surface area contributed by atoms with Crippen LogP contribution in [0.3, 0.4) is 0 Å². The Labute approximate surface area is 247 Å². The maximum absolute atomic E-state index is 13.1. The topological polar surface area (TPSA) is 95.4 Å². The molecule has 7 nitrogen and oxygen atoms in total. The summed E-state index contributed by atoms with van der Waals surface area (Å²) >= 11 is 1.56. The molecule has 42 heavy (non-hydrogen) atoms. The number of alkyl halides is 3. The van der Waals surface area contributed by atoms with Crippen LogP contribution in [-0.4, -0.2) is 51.8 Å². The number of fused-ring (bicyclic) bond motifs is 1. The van der Waals surface area contributed by atoms with Crippen molar-refractivity contribution in [2.24, 2.45) is 11.8 Å². The lowest BCUT2D eigenvalue weighted by Crippen LogP contribution is -2.38. The number of piperidine rings is 1. The molecule has 2 aliphatic rings. The molecule has 1 aliphatic heterocycles. The normalized spacial score (nSPS) is 21.0. The Morgan fingerprint density at radius 1 is 1.07 bits per heavy atom. The molecule has 0 spiro atoms. The highest BCUT2D eigenvalue weighted by atomic mass is 32.1. The van der Waals surface area contributed by atoms with Crippen LogP contribution in [0.5, 0.6) is 0 Å². The summed E-state index contributed by atoms with van der Waals surface area (Å²) in [6.07, 6.45) is 3.63. The molecule has 0 bridgehead atoms. The average Bonchev–Trinajstić information content (AvgIpc) is 3.36. The van der Waals surface area contributed by atoms with E-state index in [1.165, 1.54) is 6.07 Å². The fourth-order valence-corrected chi connectivity index (χ4v) is 7.34.